The summed E-state index contributed by atoms with van der Waals surface area (Å²) in [7, 11) is 0. The van der Waals surface area contributed by atoms with Crippen molar-refractivity contribution in [3.05, 3.63) is 94.7 Å². The first-order valence-electron chi connectivity index (χ1n) is 9.62. The fraction of sp³-hybridized carbons (Fsp3) is 0.160. The standard InChI is InChI=1S/C25H22O4/c1-3-27-22-7-5-4-6-19(22)14-24-25(26)21-13-12-20(15-23(21)29-24)28-16-18-10-8-17(2)9-11-18/h4-15H,3,16H2,1-2H3. The first-order valence-corrected chi connectivity index (χ1v) is 9.62. The lowest BCUT2D eigenvalue weighted by molar-refractivity contribution is 0.101. The molecule has 3 aromatic carbocycles. The Hall–Kier alpha value is -3.53. The van der Waals surface area contributed by atoms with E-state index in [4.69, 9.17) is 14.2 Å². The number of aryl methyl sites for hydroxylation is 1. The van der Waals surface area contributed by atoms with Crippen LogP contribution in [-0.4, -0.2) is 12.4 Å². The van der Waals surface area contributed by atoms with Crippen LogP contribution in [-0.2, 0) is 6.61 Å². The molecule has 0 N–H and O–H groups in total. The number of carbonyl (C=O) groups excluding carboxylic acids is 1. The predicted molar refractivity (Wildman–Crippen MR) is 112 cm³/mol. The molecule has 0 saturated heterocycles. The van der Waals surface area contributed by atoms with Gasteiger partial charge in [0.2, 0.25) is 5.78 Å². The summed E-state index contributed by atoms with van der Waals surface area (Å²) in [6.45, 7) is 4.99. The number of benzene rings is 3. The fourth-order valence-electron chi connectivity index (χ4n) is 3.14. The lowest BCUT2D eigenvalue weighted by Gasteiger charge is -2.08. The summed E-state index contributed by atoms with van der Waals surface area (Å²) < 4.78 is 17.3. The molecule has 146 valence electrons. The summed E-state index contributed by atoms with van der Waals surface area (Å²) in [5.41, 5.74) is 3.64. The average molecular weight is 386 g/mol. The number of ether oxygens (including phenoxy) is 3. The van der Waals surface area contributed by atoms with Crippen LogP contribution in [0, 0.1) is 6.92 Å². The SMILES string of the molecule is CCOc1ccccc1C=C1Oc2cc(OCc3ccc(C)cc3)ccc2C1=O. The van der Waals surface area contributed by atoms with Crippen molar-refractivity contribution in [1.82, 2.24) is 0 Å². The Labute approximate surface area is 170 Å². The van der Waals surface area contributed by atoms with Crippen LogP contribution in [0.5, 0.6) is 17.2 Å². The number of ketones is 1. The van der Waals surface area contributed by atoms with Crippen molar-refractivity contribution in [2.45, 2.75) is 20.5 Å². The Morgan fingerprint density at radius 2 is 1.76 bits per heavy atom. The van der Waals surface area contributed by atoms with Gasteiger partial charge in [-0.05, 0) is 43.7 Å². The Kier molecular flexibility index (Phi) is 5.34. The maximum absolute atomic E-state index is 12.7. The van der Waals surface area contributed by atoms with Gasteiger partial charge in [-0.15, -0.1) is 0 Å². The molecule has 0 aromatic heterocycles. The van der Waals surface area contributed by atoms with E-state index in [9.17, 15) is 4.79 Å². The molecule has 4 nitrogen and oxygen atoms in total. The molecule has 0 unspecified atom stereocenters. The molecule has 0 amide bonds. The van der Waals surface area contributed by atoms with E-state index in [0.717, 1.165) is 16.9 Å². The van der Waals surface area contributed by atoms with Crippen molar-refractivity contribution in [3.63, 3.8) is 0 Å². The molecular weight excluding hydrogens is 364 g/mol. The second kappa shape index (κ2) is 8.23. The van der Waals surface area contributed by atoms with Crippen molar-refractivity contribution in [2.75, 3.05) is 6.61 Å². The van der Waals surface area contributed by atoms with Gasteiger partial charge >= 0.3 is 0 Å². The summed E-state index contributed by atoms with van der Waals surface area (Å²) in [6.07, 6.45) is 1.72. The molecule has 1 aliphatic rings. The van der Waals surface area contributed by atoms with Gasteiger partial charge in [0.15, 0.2) is 5.76 Å². The number of Topliss-reactive ketones (excluding diaryl/α,β-unsaturated/α-hetero) is 1. The van der Waals surface area contributed by atoms with E-state index in [1.54, 1.807) is 24.3 Å². The highest BCUT2D eigenvalue weighted by Gasteiger charge is 2.28. The molecule has 0 aliphatic carbocycles. The smallest absolute Gasteiger partial charge is 0.231 e. The van der Waals surface area contributed by atoms with E-state index >= 15 is 0 Å². The zero-order valence-corrected chi connectivity index (χ0v) is 16.5. The lowest BCUT2D eigenvalue weighted by Crippen LogP contribution is -1.99. The molecule has 0 spiro atoms. The lowest BCUT2D eigenvalue weighted by atomic mass is 10.1. The first-order chi connectivity index (χ1) is 14.1. The van der Waals surface area contributed by atoms with Gasteiger partial charge in [0.1, 0.15) is 23.9 Å². The monoisotopic (exact) mass is 386 g/mol. The summed E-state index contributed by atoms with van der Waals surface area (Å²) in [4.78, 5) is 12.7. The number of carbonyl (C=O) groups is 1. The van der Waals surface area contributed by atoms with Crippen LogP contribution in [0.3, 0.4) is 0 Å². The van der Waals surface area contributed by atoms with E-state index in [-0.39, 0.29) is 11.5 Å². The van der Waals surface area contributed by atoms with Crippen LogP contribution in [0.25, 0.3) is 6.08 Å². The van der Waals surface area contributed by atoms with Gasteiger partial charge in [-0.2, -0.15) is 0 Å². The van der Waals surface area contributed by atoms with Crippen LogP contribution < -0.4 is 14.2 Å². The number of hydrogen-bond donors (Lipinski definition) is 0. The van der Waals surface area contributed by atoms with Crippen molar-refractivity contribution < 1.29 is 19.0 Å². The number of hydrogen-bond acceptors (Lipinski definition) is 4. The third-order valence-electron chi connectivity index (χ3n) is 4.67. The van der Waals surface area contributed by atoms with Gasteiger partial charge in [-0.1, -0.05) is 48.0 Å². The van der Waals surface area contributed by atoms with E-state index in [1.807, 2.05) is 43.3 Å². The molecule has 4 heteroatoms. The molecule has 0 atom stereocenters. The van der Waals surface area contributed by atoms with Crippen molar-refractivity contribution in [2.24, 2.45) is 0 Å². The minimum absolute atomic E-state index is 0.142. The molecule has 4 rings (SSSR count). The maximum Gasteiger partial charge on any atom is 0.231 e. The number of fused-ring (bicyclic) bond motifs is 1. The molecule has 0 radical (unpaired) electrons. The van der Waals surface area contributed by atoms with Crippen molar-refractivity contribution >= 4 is 11.9 Å². The molecule has 0 fully saturated rings. The van der Waals surface area contributed by atoms with Gasteiger partial charge in [-0.25, -0.2) is 0 Å². The van der Waals surface area contributed by atoms with E-state index in [0.29, 0.717) is 30.3 Å². The third kappa shape index (κ3) is 4.16. The Morgan fingerprint density at radius 1 is 0.966 bits per heavy atom. The number of rotatable bonds is 6. The zero-order valence-electron chi connectivity index (χ0n) is 16.5. The molecule has 29 heavy (non-hydrogen) atoms. The minimum atomic E-state index is -0.142. The average Bonchev–Trinajstić information content (AvgIpc) is 3.04. The van der Waals surface area contributed by atoms with E-state index in [1.165, 1.54) is 5.56 Å². The van der Waals surface area contributed by atoms with Gasteiger partial charge in [0.25, 0.3) is 0 Å². The Bertz CT molecular complexity index is 1060. The molecular formula is C25H22O4. The molecule has 1 heterocycles. The molecule has 1 aliphatic heterocycles. The van der Waals surface area contributed by atoms with Gasteiger partial charge in [0, 0.05) is 11.6 Å². The van der Waals surface area contributed by atoms with Gasteiger partial charge in [0.05, 0.1) is 12.2 Å². The second-order valence-electron chi connectivity index (χ2n) is 6.84. The van der Waals surface area contributed by atoms with Crippen LogP contribution in [0.4, 0.5) is 0 Å². The fourth-order valence-corrected chi connectivity index (χ4v) is 3.14. The second-order valence-corrected chi connectivity index (χ2v) is 6.84. The summed E-state index contributed by atoms with van der Waals surface area (Å²) in [6, 6.07) is 21.1. The van der Waals surface area contributed by atoms with Gasteiger partial charge in [-0.3, -0.25) is 4.79 Å². The Morgan fingerprint density at radius 3 is 2.55 bits per heavy atom. The predicted octanol–water partition coefficient (Wildman–Crippen LogP) is 5.59. The highest BCUT2D eigenvalue weighted by Crippen LogP contribution is 2.36. The molecule has 3 aromatic rings. The number of para-hydroxylation sites is 1. The Balaban J connectivity index is 1.52. The molecule has 0 bridgehead atoms. The third-order valence-corrected chi connectivity index (χ3v) is 4.67. The van der Waals surface area contributed by atoms with Crippen LogP contribution in [0.1, 0.15) is 34.0 Å². The topological polar surface area (TPSA) is 44.8 Å². The first kappa shape index (κ1) is 18.8. The van der Waals surface area contributed by atoms with Crippen molar-refractivity contribution in [3.8, 4) is 17.2 Å². The van der Waals surface area contributed by atoms with Crippen LogP contribution in [0.15, 0.2) is 72.5 Å². The quantitative estimate of drug-likeness (QED) is 0.518. The largest absolute Gasteiger partial charge is 0.493 e. The molecule has 0 saturated carbocycles. The number of allylic oxidation sites excluding steroid dienone is 1. The zero-order chi connectivity index (χ0) is 20.2. The van der Waals surface area contributed by atoms with Gasteiger partial charge < -0.3 is 14.2 Å². The highest BCUT2D eigenvalue weighted by molar-refractivity contribution is 6.14. The summed E-state index contributed by atoms with van der Waals surface area (Å²) in [5, 5.41) is 0. The normalized spacial score (nSPS) is 13.9. The van der Waals surface area contributed by atoms with Crippen LogP contribution in [0.2, 0.25) is 0 Å². The van der Waals surface area contributed by atoms with Crippen molar-refractivity contribution in [1.29, 1.82) is 0 Å². The summed E-state index contributed by atoms with van der Waals surface area (Å²) >= 11 is 0. The minimum Gasteiger partial charge on any atom is -0.493 e. The maximum atomic E-state index is 12.7. The highest BCUT2D eigenvalue weighted by atomic mass is 16.5. The van der Waals surface area contributed by atoms with E-state index in [2.05, 4.69) is 19.1 Å². The summed E-state index contributed by atoms with van der Waals surface area (Å²) in [5.74, 6) is 2.03. The van der Waals surface area contributed by atoms with E-state index < -0.39 is 0 Å². The van der Waals surface area contributed by atoms with Crippen LogP contribution >= 0.6 is 0 Å².